The van der Waals surface area contributed by atoms with E-state index < -0.39 is 5.92 Å². The Morgan fingerprint density at radius 3 is 2.72 bits per heavy atom. The maximum absolute atomic E-state index is 14.3. The quantitative estimate of drug-likeness (QED) is 0.404. The Morgan fingerprint density at radius 2 is 1.92 bits per heavy atom. The minimum atomic E-state index is -0.581. The first-order valence-electron chi connectivity index (χ1n) is 13.9. The Balaban J connectivity index is 1.54. The Morgan fingerprint density at radius 1 is 1.10 bits per heavy atom. The van der Waals surface area contributed by atoms with Gasteiger partial charge in [0.05, 0.1) is 23.2 Å². The van der Waals surface area contributed by atoms with Crippen molar-refractivity contribution in [1.82, 2.24) is 14.0 Å². The molecule has 1 N–H and O–H groups in total. The highest BCUT2D eigenvalue weighted by atomic mass is 16.2. The number of pyridine rings is 1. The third-order valence-corrected chi connectivity index (χ3v) is 8.63. The van der Waals surface area contributed by atoms with Crippen LogP contribution in [0, 0.1) is 5.92 Å². The Bertz CT molecular complexity index is 1810. The average molecular weight is 521 g/mol. The van der Waals surface area contributed by atoms with Gasteiger partial charge < -0.3 is 14.5 Å². The van der Waals surface area contributed by atoms with Gasteiger partial charge >= 0.3 is 0 Å². The van der Waals surface area contributed by atoms with Crippen LogP contribution in [0.25, 0.3) is 21.8 Å². The molecule has 0 spiro atoms. The number of carbonyl (C=O) groups excluding carboxylic acids is 2. The molecule has 3 aliphatic heterocycles. The van der Waals surface area contributed by atoms with E-state index in [9.17, 15) is 14.4 Å². The number of amides is 2. The lowest BCUT2D eigenvalue weighted by molar-refractivity contribution is -0.139. The van der Waals surface area contributed by atoms with Gasteiger partial charge in [0.1, 0.15) is 0 Å². The van der Waals surface area contributed by atoms with Gasteiger partial charge in [0, 0.05) is 54.5 Å². The van der Waals surface area contributed by atoms with Gasteiger partial charge in [-0.3, -0.25) is 19.3 Å². The fourth-order valence-corrected chi connectivity index (χ4v) is 6.77. The first-order chi connectivity index (χ1) is 18.8. The molecule has 0 aliphatic carbocycles. The summed E-state index contributed by atoms with van der Waals surface area (Å²) in [5.74, 6) is -0.658. The van der Waals surface area contributed by atoms with Crippen LogP contribution in [-0.2, 0) is 29.1 Å². The average Bonchev–Trinajstić information content (AvgIpc) is 3.40. The van der Waals surface area contributed by atoms with Crippen molar-refractivity contribution in [2.75, 3.05) is 11.9 Å². The third-order valence-electron chi connectivity index (χ3n) is 8.63. The topological polar surface area (TPSA) is 76.3 Å². The van der Waals surface area contributed by atoms with Gasteiger partial charge in [-0.2, -0.15) is 0 Å². The lowest BCUT2D eigenvalue weighted by Crippen LogP contribution is -2.34. The summed E-state index contributed by atoms with van der Waals surface area (Å²) in [6.45, 7) is 7.53. The van der Waals surface area contributed by atoms with E-state index in [1.54, 1.807) is 0 Å². The number of hydrogen-bond donors (Lipinski definition) is 1. The van der Waals surface area contributed by atoms with Crippen molar-refractivity contribution < 1.29 is 9.59 Å². The second-order valence-electron chi connectivity index (χ2n) is 11.5. The highest BCUT2D eigenvalue weighted by Crippen LogP contribution is 2.46. The van der Waals surface area contributed by atoms with Crippen LogP contribution in [0.5, 0.6) is 0 Å². The maximum Gasteiger partial charge on any atom is 0.259 e. The molecule has 7 rings (SSSR count). The zero-order valence-corrected chi connectivity index (χ0v) is 22.6. The van der Waals surface area contributed by atoms with Crippen LogP contribution in [0.15, 0.2) is 64.7 Å². The number of aromatic nitrogens is 2. The smallest absolute Gasteiger partial charge is 0.259 e. The van der Waals surface area contributed by atoms with Gasteiger partial charge in [0.25, 0.3) is 11.5 Å². The summed E-state index contributed by atoms with van der Waals surface area (Å²) in [7, 11) is 0. The third kappa shape index (κ3) is 3.52. The van der Waals surface area contributed by atoms with E-state index in [2.05, 4.69) is 54.2 Å². The molecule has 5 heterocycles. The normalized spacial score (nSPS) is 18.2. The van der Waals surface area contributed by atoms with Crippen molar-refractivity contribution in [2.24, 2.45) is 5.92 Å². The first kappa shape index (κ1) is 23.9. The molecule has 2 amide bonds. The van der Waals surface area contributed by atoms with Crippen molar-refractivity contribution in [1.29, 1.82) is 0 Å². The predicted molar refractivity (Wildman–Crippen MR) is 153 cm³/mol. The number of carbonyl (C=O) groups is 2. The number of benzene rings is 2. The number of aryl methyl sites for hydroxylation is 3. The van der Waals surface area contributed by atoms with Crippen LogP contribution >= 0.6 is 0 Å². The molecule has 0 saturated carbocycles. The van der Waals surface area contributed by atoms with E-state index in [-0.39, 0.29) is 23.9 Å². The largest absolute Gasteiger partial charge is 0.356 e. The van der Waals surface area contributed by atoms with Crippen molar-refractivity contribution in [3.8, 4) is 0 Å². The molecule has 4 aromatic rings. The molecule has 1 atom stereocenters. The van der Waals surface area contributed by atoms with Gasteiger partial charge in [0.2, 0.25) is 5.91 Å². The van der Waals surface area contributed by atoms with Crippen LogP contribution in [0.2, 0.25) is 0 Å². The number of hydrogen-bond acceptors (Lipinski definition) is 4. The molecule has 0 radical (unpaired) electrons. The van der Waals surface area contributed by atoms with E-state index in [4.69, 9.17) is 0 Å². The molecular weight excluding hydrogens is 488 g/mol. The van der Waals surface area contributed by atoms with Crippen LogP contribution in [0.4, 0.5) is 5.69 Å². The van der Waals surface area contributed by atoms with Gasteiger partial charge in [-0.1, -0.05) is 38.1 Å². The SMILES string of the molecule is CC(=O)N1CC2=C(C1=O)[C@@H](c1cc3cccc4c3n(c1=O)CCC4)c1cn(CCC(C)C)c3cccc(c13)N2. The van der Waals surface area contributed by atoms with Crippen molar-refractivity contribution in [2.45, 2.75) is 59.0 Å². The molecule has 3 aliphatic rings. The number of para-hydroxylation sites is 1. The van der Waals surface area contributed by atoms with Crippen molar-refractivity contribution >= 4 is 39.3 Å². The second kappa shape index (κ2) is 8.70. The molecule has 2 aromatic carbocycles. The minimum Gasteiger partial charge on any atom is -0.356 e. The van der Waals surface area contributed by atoms with Crippen LogP contribution in [0.1, 0.15) is 56.2 Å². The molecule has 2 aromatic heterocycles. The summed E-state index contributed by atoms with van der Waals surface area (Å²) < 4.78 is 4.17. The van der Waals surface area contributed by atoms with Crippen LogP contribution in [0.3, 0.4) is 0 Å². The standard InChI is InChI=1S/C32H32N4O3/c1-18(2)12-14-34-16-23-27(22-15-21-8-4-7-20-9-6-13-35(30(20)21)31(22)38)29-25(17-36(19(3)37)32(29)39)33-24-10-5-11-26(34)28(23)24/h4-5,7-8,10-11,15-16,18,27,33H,6,9,12-14,17H2,1-3H3/t27-/m0/s1. The summed E-state index contributed by atoms with van der Waals surface area (Å²) in [6.07, 6.45) is 5.02. The molecule has 198 valence electrons. The Kier molecular flexibility index (Phi) is 5.34. The van der Waals surface area contributed by atoms with Crippen molar-refractivity contribution in [3.05, 3.63) is 87.0 Å². The lowest BCUT2D eigenvalue weighted by Gasteiger charge is -2.24. The van der Waals surface area contributed by atoms with Gasteiger partial charge in [-0.15, -0.1) is 0 Å². The van der Waals surface area contributed by atoms with E-state index in [0.717, 1.165) is 58.9 Å². The summed E-state index contributed by atoms with van der Waals surface area (Å²) in [5.41, 5.74) is 6.86. The van der Waals surface area contributed by atoms with Gasteiger partial charge in [0.15, 0.2) is 0 Å². The zero-order valence-electron chi connectivity index (χ0n) is 22.6. The monoisotopic (exact) mass is 520 g/mol. The molecule has 7 heteroatoms. The minimum absolute atomic E-state index is 0.0527. The predicted octanol–water partition coefficient (Wildman–Crippen LogP) is 5.15. The van der Waals surface area contributed by atoms with E-state index in [0.29, 0.717) is 29.3 Å². The highest BCUT2D eigenvalue weighted by Gasteiger charge is 2.43. The number of nitrogens with zero attached hydrogens (tertiary/aromatic N) is 3. The van der Waals surface area contributed by atoms with Gasteiger partial charge in [-0.05, 0) is 59.9 Å². The second-order valence-corrected chi connectivity index (χ2v) is 11.5. The molecule has 7 nitrogen and oxygen atoms in total. The molecule has 39 heavy (non-hydrogen) atoms. The first-order valence-corrected chi connectivity index (χ1v) is 13.9. The highest BCUT2D eigenvalue weighted by molar-refractivity contribution is 6.11. The van der Waals surface area contributed by atoms with E-state index in [1.807, 2.05) is 22.8 Å². The number of rotatable bonds is 4. The number of nitrogens with one attached hydrogen (secondary N) is 1. The molecule has 0 bridgehead atoms. The van der Waals surface area contributed by atoms with E-state index >= 15 is 0 Å². The molecular formula is C32H32N4O3. The van der Waals surface area contributed by atoms with Gasteiger partial charge in [-0.25, -0.2) is 0 Å². The fourth-order valence-electron chi connectivity index (χ4n) is 6.77. The number of anilines is 1. The maximum atomic E-state index is 14.3. The summed E-state index contributed by atoms with van der Waals surface area (Å²) >= 11 is 0. The van der Waals surface area contributed by atoms with Crippen molar-refractivity contribution in [3.63, 3.8) is 0 Å². The summed E-state index contributed by atoms with van der Waals surface area (Å²) in [6, 6.07) is 14.4. The van der Waals surface area contributed by atoms with Crippen LogP contribution < -0.4 is 10.9 Å². The van der Waals surface area contributed by atoms with E-state index in [1.165, 1.54) is 17.4 Å². The summed E-state index contributed by atoms with van der Waals surface area (Å²) in [4.78, 5) is 42.0. The molecule has 0 saturated heterocycles. The lowest BCUT2D eigenvalue weighted by atomic mass is 9.84. The fraction of sp³-hybridized carbons (Fsp3) is 0.344. The summed E-state index contributed by atoms with van der Waals surface area (Å²) in [5, 5.41) is 5.58. The Hall–Kier alpha value is -4.13. The molecule has 0 unspecified atom stereocenters. The Labute approximate surface area is 226 Å². The zero-order chi connectivity index (χ0) is 27.0. The number of imide groups is 1. The van der Waals surface area contributed by atoms with Crippen LogP contribution in [-0.4, -0.2) is 32.4 Å². The molecule has 0 fully saturated rings.